The van der Waals surface area contributed by atoms with Crippen molar-refractivity contribution < 1.29 is 4.79 Å². The smallest absolute Gasteiger partial charge is 0.222 e. The maximum atomic E-state index is 11.9. The molecule has 2 atom stereocenters. The molecule has 0 saturated carbocycles. The number of hydrogen-bond donors (Lipinski definition) is 2. The average Bonchev–Trinajstić information content (AvgIpc) is 2.39. The lowest BCUT2D eigenvalue weighted by atomic mass is 10.0. The third-order valence-corrected chi connectivity index (χ3v) is 3.13. The molecule has 4 heteroatoms. The summed E-state index contributed by atoms with van der Waals surface area (Å²) in [6.45, 7) is 4.22. The van der Waals surface area contributed by atoms with Gasteiger partial charge in [-0.05, 0) is 18.4 Å². The standard InChI is InChI=1S/C15H24N2O.ClH/c1-3-8-13(4-2)17-15(18)11-14(16)12-9-6-5-7-10-12;/h5-7,9-10,13-14H,3-4,8,11,16H2,1-2H3,(H,17,18);1H. The fourth-order valence-corrected chi connectivity index (χ4v) is 2.03. The van der Waals surface area contributed by atoms with Gasteiger partial charge in [-0.3, -0.25) is 4.79 Å². The van der Waals surface area contributed by atoms with Crippen molar-refractivity contribution in [3.63, 3.8) is 0 Å². The maximum Gasteiger partial charge on any atom is 0.222 e. The molecule has 0 bridgehead atoms. The summed E-state index contributed by atoms with van der Waals surface area (Å²) in [5, 5.41) is 3.05. The zero-order chi connectivity index (χ0) is 13.4. The zero-order valence-electron chi connectivity index (χ0n) is 11.8. The van der Waals surface area contributed by atoms with E-state index in [1.807, 2.05) is 30.3 Å². The second-order valence-corrected chi connectivity index (χ2v) is 4.68. The summed E-state index contributed by atoms with van der Waals surface area (Å²) in [6, 6.07) is 9.82. The van der Waals surface area contributed by atoms with Crippen molar-refractivity contribution in [3.05, 3.63) is 35.9 Å². The first-order valence-electron chi connectivity index (χ1n) is 6.77. The van der Waals surface area contributed by atoms with Crippen LogP contribution < -0.4 is 11.1 Å². The van der Waals surface area contributed by atoms with Crippen molar-refractivity contribution in [3.8, 4) is 0 Å². The van der Waals surface area contributed by atoms with Crippen LogP contribution in [0.1, 0.15) is 51.1 Å². The fraction of sp³-hybridized carbons (Fsp3) is 0.533. The number of amides is 1. The predicted octanol–water partition coefficient (Wildman–Crippen LogP) is 3.19. The normalized spacial score (nSPS) is 13.2. The van der Waals surface area contributed by atoms with Crippen molar-refractivity contribution in [1.29, 1.82) is 0 Å². The van der Waals surface area contributed by atoms with Crippen LogP contribution >= 0.6 is 12.4 Å². The number of carbonyl (C=O) groups is 1. The summed E-state index contributed by atoms with van der Waals surface area (Å²) in [7, 11) is 0. The molecule has 1 aromatic carbocycles. The van der Waals surface area contributed by atoms with Gasteiger partial charge in [0.25, 0.3) is 0 Å². The highest BCUT2D eigenvalue weighted by molar-refractivity contribution is 5.85. The summed E-state index contributed by atoms with van der Waals surface area (Å²) in [4.78, 5) is 11.9. The van der Waals surface area contributed by atoms with Gasteiger partial charge in [0.2, 0.25) is 5.91 Å². The van der Waals surface area contributed by atoms with E-state index in [-0.39, 0.29) is 30.4 Å². The van der Waals surface area contributed by atoms with Gasteiger partial charge in [0, 0.05) is 18.5 Å². The average molecular weight is 285 g/mol. The number of halogens is 1. The monoisotopic (exact) mass is 284 g/mol. The summed E-state index contributed by atoms with van der Waals surface area (Å²) in [5.74, 6) is 0.0478. The van der Waals surface area contributed by atoms with E-state index in [0.29, 0.717) is 6.42 Å². The minimum atomic E-state index is -0.217. The Morgan fingerprint density at radius 2 is 1.89 bits per heavy atom. The van der Waals surface area contributed by atoms with E-state index in [0.717, 1.165) is 24.8 Å². The van der Waals surface area contributed by atoms with Crippen LogP contribution in [-0.2, 0) is 4.79 Å². The Labute approximate surface area is 122 Å². The zero-order valence-corrected chi connectivity index (χ0v) is 12.6. The molecule has 19 heavy (non-hydrogen) atoms. The van der Waals surface area contributed by atoms with E-state index < -0.39 is 0 Å². The van der Waals surface area contributed by atoms with Gasteiger partial charge in [-0.2, -0.15) is 0 Å². The molecule has 1 amide bonds. The molecular weight excluding hydrogens is 260 g/mol. The number of hydrogen-bond acceptors (Lipinski definition) is 2. The lowest BCUT2D eigenvalue weighted by Crippen LogP contribution is -2.36. The van der Waals surface area contributed by atoms with E-state index in [9.17, 15) is 4.79 Å². The minimum absolute atomic E-state index is 0. The van der Waals surface area contributed by atoms with Gasteiger partial charge in [-0.1, -0.05) is 50.6 Å². The van der Waals surface area contributed by atoms with Gasteiger partial charge >= 0.3 is 0 Å². The number of benzene rings is 1. The first-order chi connectivity index (χ1) is 8.67. The molecule has 0 radical (unpaired) electrons. The van der Waals surface area contributed by atoms with Crippen LogP contribution in [0.2, 0.25) is 0 Å². The van der Waals surface area contributed by atoms with Gasteiger partial charge in [0.15, 0.2) is 0 Å². The molecule has 1 aromatic rings. The second kappa shape index (κ2) is 9.82. The maximum absolute atomic E-state index is 11.9. The van der Waals surface area contributed by atoms with Crippen molar-refractivity contribution in [2.24, 2.45) is 5.73 Å². The van der Waals surface area contributed by atoms with Crippen LogP contribution in [0, 0.1) is 0 Å². The Balaban J connectivity index is 0.00000324. The number of nitrogens with one attached hydrogen (secondary N) is 1. The predicted molar refractivity (Wildman–Crippen MR) is 82.4 cm³/mol. The molecule has 0 aliphatic heterocycles. The molecule has 108 valence electrons. The summed E-state index contributed by atoms with van der Waals surface area (Å²) in [6.07, 6.45) is 3.44. The fourth-order valence-electron chi connectivity index (χ4n) is 2.03. The topological polar surface area (TPSA) is 55.1 Å². The number of nitrogens with two attached hydrogens (primary N) is 1. The molecule has 0 aromatic heterocycles. The number of rotatable bonds is 7. The quantitative estimate of drug-likeness (QED) is 0.808. The van der Waals surface area contributed by atoms with Crippen molar-refractivity contribution in [2.45, 2.75) is 51.6 Å². The first-order valence-corrected chi connectivity index (χ1v) is 6.77. The number of carbonyl (C=O) groups excluding carboxylic acids is 1. The van der Waals surface area contributed by atoms with Crippen LogP contribution in [0.25, 0.3) is 0 Å². The Bertz CT molecular complexity index is 356. The molecule has 1 rings (SSSR count). The second-order valence-electron chi connectivity index (χ2n) is 4.68. The summed E-state index contributed by atoms with van der Waals surface area (Å²) in [5.41, 5.74) is 7.04. The highest BCUT2D eigenvalue weighted by atomic mass is 35.5. The third-order valence-electron chi connectivity index (χ3n) is 3.13. The molecule has 3 nitrogen and oxygen atoms in total. The summed E-state index contributed by atoms with van der Waals surface area (Å²) >= 11 is 0. The van der Waals surface area contributed by atoms with Crippen LogP contribution in [0.15, 0.2) is 30.3 Å². The van der Waals surface area contributed by atoms with Crippen LogP contribution in [0.5, 0.6) is 0 Å². The van der Waals surface area contributed by atoms with Gasteiger partial charge in [-0.15, -0.1) is 12.4 Å². The van der Waals surface area contributed by atoms with Gasteiger partial charge in [0.05, 0.1) is 0 Å². The van der Waals surface area contributed by atoms with Crippen LogP contribution in [0.4, 0.5) is 0 Å². The van der Waals surface area contributed by atoms with Crippen LogP contribution in [-0.4, -0.2) is 11.9 Å². The van der Waals surface area contributed by atoms with Crippen molar-refractivity contribution in [1.82, 2.24) is 5.32 Å². The van der Waals surface area contributed by atoms with E-state index in [2.05, 4.69) is 19.2 Å². The SMILES string of the molecule is CCCC(CC)NC(=O)CC(N)c1ccccc1.Cl. The van der Waals surface area contributed by atoms with Crippen molar-refractivity contribution >= 4 is 18.3 Å². The van der Waals surface area contributed by atoms with E-state index in [1.54, 1.807) is 0 Å². The van der Waals surface area contributed by atoms with Gasteiger partial charge in [0.1, 0.15) is 0 Å². The third kappa shape index (κ3) is 6.60. The lowest BCUT2D eigenvalue weighted by Gasteiger charge is -2.18. The molecule has 2 unspecified atom stereocenters. The Hall–Kier alpha value is -1.06. The van der Waals surface area contributed by atoms with E-state index >= 15 is 0 Å². The summed E-state index contributed by atoms with van der Waals surface area (Å²) < 4.78 is 0. The Morgan fingerprint density at radius 1 is 1.26 bits per heavy atom. The highest BCUT2D eigenvalue weighted by Crippen LogP contribution is 2.13. The van der Waals surface area contributed by atoms with E-state index in [4.69, 9.17) is 5.73 Å². The minimum Gasteiger partial charge on any atom is -0.353 e. The highest BCUT2D eigenvalue weighted by Gasteiger charge is 2.14. The molecule has 0 saturated heterocycles. The Morgan fingerprint density at radius 3 is 2.42 bits per heavy atom. The Kier molecular flexibility index (Phi) is 9.27. The van der Waals surface area contributed by atoms with Crippen LogP contribution in [0.3, 0.4) is 0 Å². The molecular formula is C15H25ClN2O. The molecule has 0 aliphatic carbocycles. The molecule has 0 spiro atoms. The van der Waals surface area contributed by atoms with Gasteiger partial charge < -0.3 is 11.1 Å². The first kappa shape index (κ1) is 17.9. The van der Waals surface area contributed by atoms with Crippen molar-refractivity contribution in [2.75, 3.05) is 0 Å². The molecule has 0 heterocycles. The molecule has 3 N–H and O–H groups in total. The van der Waals surface area contributed by atoms with E-state index in [1.165, 1.54) is 0 Å². The molecule has 0 fully saturated rings. The molecule has 0 aliphatic rings. The largest absolute Gasteiger partial charge is 0.353 e. The van der Waals surface area contributed by atoms with Gasteiger partial charge in [-0.25, -0.2) is 0 Å². The lowest BCUT2D eigenvalue weighted by molar-refractivity contribution is -0.122.